The number of para-hydroxylation sites is 1. The van der Waals surface area contributed by atoms with Gasteiger partial charge in [0.05, 0.1) is 6.61 Å². The van der Waals surface area contributed by atoms with Gasteiger partial charge in [-0.05, 0) is 55.7 Å². The Balaban J connectivity index is 1.67. The van der Waals surface area contributed by atoms with E-state index in [-0.39, 0.29) is 11.9 Å². The molecule has 26 heavy (non-hydrogen) atoms. The molecule has 0 bridgehead atoms. The van der Waals surface area contributed by atoms with Gasteiger partial charge in [-0.2, -0.15) is 0 Å². The van der Waals surface area contributed by atoms with Crippen molar-refractivity contribution in [2.45, 2.75) is 19.8 Å². The van der Waals surface area contributed by atoms with E-state index >= 15 is 0 Å². The van der Waals surface area contributed by atoms with Gasteiger partial charge in [0, 0.05) is 28.7 Å². The number of aryl methyl sites for hydroxylation is 1. The number of hydrogen-bond acceptors (Lipinski definition) is 3. The van der Waals surface area contributed by atoms with Gasteiger partial charge >= 0.3 is 5.97 Å². The van der Waals surface area contributed by atoms with Gasteiger partial charge in [-0.25, -0.2) is 4.79 Å². The van der Waals surface area contributed by atoms with E-state index in [0.29, 0.717) is 17.9 Å². The first-order valence-corrected chi connectivity index (χ1v) is 8.87. The highest BCUT2D eigenvalue weighted by Gasteiger charge is 2.23. The first-order chi connectivity index (χ1) is 12.7. The fourth-order valence-corrected chi connectivity index (χ4v) is 3.48. The van der Waals surface area contributed by atoms with Gasteiger partial charge in [0.25, 0.3) is 5.91 Å². The van der Waals surface area contributed by atoms with Crippen LogP contribution in [0.3, 0.4) is 0 Å². The number of amides is 1. The number of hydrogen-bond donors (Lipinski definition) is 1. The number of nitrogens with zero attached hydrogens (tertiary/aromatic N) is 1. The molecule has 5 heteroatoms. The SMILES string of the molecule is CCOC(=O)c1cc2cc(C(=O)N3CCCc4ccccc43)ccc2[nH]1. The zero-order valence-electron chi connectivity index (χ0n) is 14.6. The van der Waals surface area contributed by atoms with Gasteiger partial charge < -0.3 is 14.6 Å². The molecule has 5 nitrogen and oxygen atoms in total. The molecule has 0 saturated carbocycles. The second-order valence-corrected chi connectivity index (χ2v) is 6.39. The van der Waals surface area contributed by atoms with Crippen molar-refractivity contribution < 1.29 is 14.3 Å². The monoisotopic (exact) mass is 348 g/mol. The van der Waals surface area contributed by atoms with Crippen molar-refractivity contribution in [2.24, 2.45) is 0 Å². The van der Waals surface area contributed by atoms with E-state index in [1.165, 1.54) is 5.56 Å². The minimum Gasteiger partial charge on any atom is -0.461 e. The van der Waals surface area contributed by atoms with E-state index in [1.54, 1.807) is 19.1 Å². The number of aromatic amines is 1. The summed E-state index contributed by atoms with van der Waals surface area (Å²) >= 11 is 0. The summed E-state index contributed by atoms with van der Waals surface area (Å²) in [6.45, 7) is 2.81. The van der Waals surface area contributed by atoms with Gasteiger partial charge in [0.2, 0.25) is 0 Å². The molecule has 0 saturated heterocycles. The van der Waals surface area contributed by atoms with E-state index < -0.39 is 0 Å². The van der Waals surface area contributed by atoms with Crippen LogP contribution in [0.15, 0.2) is 48.5 Å². The number of ether oxygens (including phenoxy) is 1. The van der Waals surface area contributed by atoms with Gasteiger partial charge in [0.1, 0.15) is 5.69 Å². The van der Waals surface area contributed by atoms with Crippen LogP contribution in [0.1, 0.15) is 39.8 Å². The van der Waals surface area contributed by atoms with Crippen LogP contribution < -0.4 is 4.90 Å². The van der Waals surface area contributed by atoms with Gasteiger partial charge in [-0.15, -0.1) is 0 Å². The van der Waals surface area contributed by atoms with Crippen molar-refractivity contribution in [3.63, 3.8) is 0 Å². The van der Waals surface area contributed by atoms with Crippen LogP contribution in [-0.2, 0) is 11.2 Å². The normalized spacial score (nSPS) is 13.5. The molecule has 0 unspecified atom stereocenters. The predicted octanol–water partition coefficient (Wildman–Crippen LogP) is 3.94. The number of benzene rings is 2. The Morgan fingerprint density at radius 1 is 1.15 bits per heavy atom. The molecule has 2 heterocycles. The zero-order chi connectivity index (χ0) is 18.1. The smallest absolute Gasteiger partial charge is 0.354 e. The average molecular weight is 348 g/mol. The molecule has 1 aliphatic heterocycles. The van der Waals surface area contributed by atoms with E-state index in [4.69, 9.17) is 4.74 Å². The first kappa shape index (κ1) is 16.4. The van der Waals surface area contributed by atoms with E-state index in [0.717, 1.165) is 36.0 Å². The van der Waals surface area contributed by atoms with Gasteiger partial charge in [0.15, 0.2) is 0 Å². The summed E-state index contributed by atoms with van der Waals surface area (Å²) in [5, 5.41) is 0.823. The Morgan fingerprint density at radius 2 is 2.00 bits per heavy atom. The lowest BCUT2D eigenvalue weighted by molar-refractivity contribution is 0.0520. The molecule has 2 aromatic carbocycles. The number of carbonyl (C=O) groups is 2. The molecule has 4 rings (SSSR count). The van der Waals surface area contributed by atoms with Crippen molar-refractivity contribution in [3.8, 4) is 0 Å². The average Bonchev–Trinajstić information content (AvgIpc) is 3.10. The molecule has 0 radical (unpaired) electrons. The summed E-state index contributed by atoms with van der Waals surface area (Å²) in [5.41, 5.74) is 4.02. The lowest BCUT2D eigenvalue weighted by atomic mass is 10.0. The molecule has 0 aliphatic carbocycles. The third kappa shape index (κ3) is 2.86. The van der Waals surface area contributed by atoms with Crippen LogP contribution in [0.2, 0.25) is 0 Å². The quantitative estimate of drug-likeness (QED) is 0.729. The molecule has 0 atom stereocenters. The molecule has 1 N–H and O–H groups in total. The molecule has 1 aromatic heterocycles. The second-order valence-electron chi connectivity index (χ2n) is 6.39. The Hall–Kier alpha value is -3.08. The summed E-state index contributed by atoms with van der Waals surface area (Å²) < 4.78 is 5.02. The zero-order valence-corrected chi connectivity index (χ0v) is 14.6. The van der Waals surface area contributed by atoms with Crippen LogP contribution in [0.25, 0.3) is 10.9 Å². The Bertz CT molecular complexity index is 990. The summed E-state index contributed by atoms with van der Waals surface area (Å²) in [6, 6.07) is 15.2. The van der Waals surface area contributed by atoms with E-state index in [9.17, 15) is 9.59 Å². The standard InChI is InChI=1S/C21H20N2O3/c1-2-26-21(25)18-13-16-12-15(9-10-17(16)22-18)20(24)23-11-5-7-14-6-3-4-8-19(14)23/h3-4,6,8-10,12-13,22H,2,5,7,11H2,1H3. The number of nitrogens with one attached hydrogen (secondary N) is 1. The predicted molar refractivity (Wildman–Crippen MR) is 101 cm³/mol. The Morgan fingerprint density at radius 3 is 2.85 bits per heavy atom. The summed E-state index contributed by atoms with van der Waals surface area (Å²) in [5.74, 6) is -0.403. The highest BCUT2D eigenvalue weighted by Crippen LogP contribution is 2.29. The van der Waals surface area contributed by atoms with Crippen LogP contribution in [-0.4, -0.2) is 30.0 Å². The number of esters is 1. The minimum absolute atomic E-state index is 0.0158. The maximum absolute atomic E-state index is 13.1. The molecule has 0 spiro atoms. The third-order valence-electron chi connectivity index (χ3n) is 4.72. The van der Waals surface area contributed by atoms with Crippen LogP contribution in [0.5, 0.6) is 0 Å². The molecule has 0 fully saturated rings. The van der Waals surface area contributed by atoms with Gasteiger partial charge in [-0.1, -0.05) is 18.2 Å². The number of H-pyrrole nitrogens is 1. The number of aromatic nitrogens is 1. The third-order valence-corrected chi connectivity index (χ3v) is 4.72. The lowest BCUT2D eigenvalue weighted by Crippen LogP contribution is -2.35. The highest BCUT2D eigenvalue weighted by atomic mass is 16.5. The molecule has 3 aromatic rings. The number of fused-ring (bicyclic) bond motifs is 2. The van der Waals surface area contributed by atoms with E-state index in [1.807, 2.05) is 35.2 Å². The summed E-state index contributed by atoms with van der Waals surface area (Å²) in [4.78, 5) is 29.9. The molecule has 1 amide bonds. The topological polar surface area (TPSA) is 62.4 Å². The second kappa shape index (κ2) is 6.67. The number of anilines is 1. The minimum atomic E-state index is -0.387. The molecule has 132 valence electrons. The van der Waals surface area contributed by atoms with Crippen molar-refractivity contribution in [2.75, 3.05) is 18.1 Å². The van der Waals surface area contributed by atoms with Crippen molar-refractivity contribution in [3.05, 3.63) is 65.4 Å². The van der Waals surface area contributed by atoms with Crippen molar-refractivity contribution >= 4 is 28.5 Å². The maximum atomic E-state index is 13.1. The Kier molecular flexibility index (Phi) is 4.21. The number of rotatable bonds is 3. The van der Waals surface area contributed by atoms with Crippen LogP contribution in [0, 0.1) is 0 Å². The van der Waals surface area contributed by atoms with Crippen LogP contribution >= 0.6 is 0 Å². The van der Waals surface area contributed by atoms with Crippen molar-refractivity contribution in [1.82, 2.24) is 4.98 Å². The molecular weight excluding hydrogens is 328 g/mol. The molecular formula is C21H20N2O3. The fourth-order valence-electron chi connectivity index (χ4n) is 3.48. The molecule has 1 aliphatic rings. The van der Waals surface area contributed by atoms with Crippen molar-refractivity contribution in [1.29, 1.82) is 0 Å². The lowest BCUT2D eigenvalue weighted by Gasteiger charge is -2.29. The summed E-state index contributed by atoms with van der Waals surface area (Å²) in [7, 11) is 0. The first-order valence-electron chi connectivity index (χ1n) is 8.87. The largest absolute Gasteiger partial charge is 0.461 e. The fraction of sp³-hybridized carbons (Fsp3) is 0.238. The van der Waals surface area contributed by atoms with E-state index in [2.05, 4.69) is 11.1 Å². The number of carbonyl (C=O) groups excluding carboxylic acids is 2. The maximum Gasteiger partial charge on any atom is 0.354 e. The Labute approximate surface area is 151 Å². The highest BCUT2D eigenvalue weighted by molar-refractivity contribution is 6.09. The van der Waals surface area contributed by atoms with Crippen LogP contribution in [0.4, 0.5) is 5.69 Å². The summed E-state index contributed by atoms with van der Waals surface area (Å²) in [6.07, 6.45) is 1.96. The van der Waals surface area contributed by atoms with Gasteiger partial charge in [-0.3, -0.25) is 4.79 Å².